The number of aliphatic hydroxyl groups excluding tert-OH is 1. The molecule has 2 atom stereocenters. The highest BCUT2D eigenvalue weighted by atomic mass is 16.4. The number of carboxylic acids is 1. The van der Waals surface area contributed by atoms with Crippen LogP contribution in [0.4, 0.5) is 0 Å². The molecule has 0 amide bonds. The fraction of sp³-hybridized carbons (Fsp3) is 0.917. The Hall–Kier alpha value is -0.610. The maximum absolute atomic E-state index is 11.2. The molecule has 3 N–H and O–H groups in total. The number of hydrogen-bond acceptors (Lipinski definition) is 3. The zero-order valence-corrected chi connectivity index (χ0v) is 10.6. The van der Waals surface area contributed by atoms with Gasteiger partial charge in [-0.2, -0.15) is 0 Å². The molecule has 16 heavy (non-hydrogen) atoms. The topological polar surface area (TPSA) is 69.6 Å². The van der Waals surface area contributed by atoms with E-state index >= 15 is 0 Å². The molecule has 0 spiro atoms. The van der Waals surface area contributed by atoms with Crippen molar-refractivity contribution in [1.29, 1.82) is 0 Å². The number of hydrogen-bond donors (Lipinski definition) is 3. The zero-order valence-electron chi connectivity index (χ0n) is 10.6. The quantitative estimate of drug-likeness (QED) is 0.681. The van der Waals surface area contributed by atoms with Gasteiger partial charge in [-0.3, -0.25) is 4.79 Å². The SMILES string of the molecule is CC(C)(NC1CCCC1O)C(C)(C)C(=O)O. The minimum atomic E-state index is -0.866. The fourth-order valence-corrected chi connectivity index (χ4v) is 2.02. The monoisotopic (exact) mass is 229 g/mol. The first-order valence-electron chi connectivity index (χ1n) is 5.87. The van der Waals surface area contributed by atoms with Crippen LogP contribution >= 0.6 is 0 Å². The number of aliphatic hydroxyl groups is 1. The third-order valence-electron chi connectivity index (χ3n) is 4.12. The molecule has 0 saturated heterocycles. The number of aliphatic carboxylic acids is 1. The first kappa shape index (κ1) is 13.5. The lowest BCUT2D eigenvalue weighted by Gasteiger charge is -2.41. The predicted octanol–water partition coefficient (Wildman–Crippen LogP) is 1.38. The predicted molar refractivity (Wildman–Crippen MR) is 62.3 cm³/mol. The summed E-state index contributed by atoms with van der Waals surface area (Å²) in [6.45, 7) is 7.19. The Kier molecular flexibility index (Phi) is 3.65. The van der Waals surface area contributed by atoms with Crippen LogP contribution in [0.3, 0.4) is 0 Å². The van der Waals surface area contributed by atoms with Crippen molar-refractivity contribution in [3.63, 3.8) is 0 Å². The Balaban J connectivity index is 2.74. The van der Waals surface area contributed by atoms with E-state index < -0.39 is 16.9 Å². The van der Waals surface area contributed by atoms with Crippen molar-refractivity contribution in [3.8, 4) is 0 Å². The molecule has 1 fully saturated rings. The molecule has 0 aromatic carbocycles. The molecule has 94 valence electrons. The van der Waals surface area contributed by atoms with E-state index in [0.717, 1.165) is 19.3 Å². The van der Waals surface area contributed by atoms with Crippen molar-refractivity contribution >= 4 is 5.97 Å². The molecule has 0 aromatic rings. The van der Waals surface area contributed by atoms with Crippen LogP contribution < -0.4 is 5.32 Å². The van der Waals surface area contributed by atoms with E-state index in [4.69, 9.17) is 0 Å². The van der Waals surface area contributed by atoms with Gasteiger partial charge in [-0.15, -0.1) is 0 Å². The average Bonchev–Trinajstić information content (AvgIpc) is 2.50. The Morgan fingerprint density at radius 1 is 1.25 bits per heavy atom. The summed E-state index contributed by atoms with van der Waals surface area (Å²) in [5.41, 5.74) is -1.41. The molecule has 1 rings (SSSR count). The van der Waals surface area contributed by atoms with E-state index in [9.17, 15) is 15.0 Å². The average molecular weight is 229 g/mol. The van der Waals surface area contributed by atoms with Gasteiger partial charge in [0.05, 0.1) is 11.5 Å². The number of nitrogens with one attached hydrogen (secondary N) is 1. The Bertz CT molecular complexity index is 273. The van der Waals surface area contributed by atoms with Gasteiger partial charge in [0, 0.05) is 11.6 Å². The van der Waals surface area contributed by atoms with E-state index in [1.807, 2.05) is 13.8 Å². The van der Waals surface area contributed by atoms with Gasteiger partial charge in [0.25, 0.3) is 0 Å². The van der Waals surface area contributed by atoms with Crippen molar-refractivity contribution in [2.75, 3.05) is 0 Å². The molecule has 0 heterocycles. The summed E-state index contributed by atoms with van der Waals surface area (Å²) in [6, 6.07) is 0.0219. The van der Waals surface area contributed by atoms with Crippen LogP contribution in [0.25, 0.3) is 0 Å². The van der Waals surface area contributed by atoms with Gasteiger partial charge in [0.2, 0.25) is 0 Å². The van der Waals surface area contributed by atoms with Crippen molar-refractivity contribution < 1.29 is 15.0 Å². The Morgan fingerprint density at radius 3 is 2.19 bits per heavy atom. The molecule has 0 bridgehead atoms. The number of carbonyl (C=O) groups is 1. The third kappa shape index (κ3) is 2.38. The lowest BCUT2D eigenvalue weighted by Crippen LogP contribution is -2.59. The van der Waals surface area contributed by atoms with Crippen molar-refractivity contribution in [2.24, 2.45) is 5.41 Å². The molecule has 1 aliphatic rings. The second-order valence-electron chi connectivity index (χ2n) is 5.80. The van der Waals surface area contributed by atoms with E-state index in [0.29, 0.717) is 0 Å². The van der Waals surface area contributed by atoms with Crippen LogP contribution in [0.15, 0.2) is 0 Å². The number of rotatable bonds is 4. The van der Waals surface area contributed by atoms with Crippen LogP contribution in [0.5, 0.6) is 0 Å². The largest absolute Gasteiger partial charge is 0.481 e. The van der Waals surface area contributed by atoms with Gasteiger partial charge in [-0.05, 0) is 47.0 Å². The lowest BCUT2D eigenvalue weighted by molar-refractivity contribution is -0.151. The highest BCUT2D eigenvalue weighted by Crippen LogP contribution is 2.33. The van der Waals surface area contributed by atoms with E-state index in [1.165, 1.54) is 0 Å². The van der Waals surface area contributed by atoms with Crippen LogP contribution in [0, 0.1) is 5.41 Å². The van der Waals surface area contributed by atoms with Gasteiger partial charge < -0.3 is 15.5 Å². The summed E-state index contributed by atoms with van der Waals surface area (Å²) in [5, 5.41) is 22.3. The van der Waals surface area contributed by atoms with E-state index in [-0.39, 0.29) is 12.1 Å². The molecule has 0 radical (unpaired) electrons. The second kappa shape index (κ2) is 4.34. The van der Waals surface area contributed by atoms with Crippen molar-refractivity contribution in [2.45, 2.75) is 64.6 Å². The second-order valence-corrected chi connectivity index (χ2v) is 5.80. The maximum Gasteiger partial charge on any atom is 0.310 e. The van der Waals surface area contributed by atoms with Gasteiger partial charge in [0.15, 0.2) is 0 Å². The summed E-state index contributed by atoms with van der Waals surface area (Å²) in [6.07, 6.45) is 2.38. The minimum Gasteiger partial charge on any atom is -0.481 e. The van der Waals surface area contributed by atoms with E-state index in [1.54, 1.807) is 13.8 Å². The molecule has 1 aliphatic carbocycles. The van der Waals surface area contributed by atoms with Crippen LogP contribution in [0.1, 0.15) is 47.0 Å². The van der Waals surface area contributed by atoms with Gasteiger partial charge >= 0.3 is 5.97 Å². The normalized spacial score (nSPS) is 27.1. The van der Waals surface area contributed by atoms with Crippen LogP contribution in [-0.4, -0.2) is 33.9 Å². The Labute approximate surface area is 97.0 Å². The molecule has 0 aromatic heterocycles. The summed E-state index contributed by atoms with van der Waals surface area (Å²) in [7, 11) is 0. The summed E-state index contributed by atoms with van der Waals surface area (Å²) < 4.78 is 0. The summed E-state index contributed by atoms with van der Waals surface area (Å²) >= 11 is 0. The molecular weight excluding hydrogens is 206 g/mol. The highest BCUT2D eigenvalue weighted by Gasteiger charge is 2.45. The minimum absolute atomic E-state index is 0.0219. The smallest absolute Gasteiger partial charge is 0.310 e. The molecule has 1 saturated carbocycles. The number of carboxylic acid groups (broad SMARTS) is 1. The highest BCUT2D eigenvalue weighted by molar-refractivity contribution is 5.75. The van der Waals surface area contributed by atoms with E-state index in [2.05, 4.69) is 5.32 Å². The third-order valence-corrected chi connectivity index (χ3v) is 4.12. The standard InChI is InChI=1S/C12H23NO3/c1-11(2,10(15)16)12(3,4)13-8-6-5-7-9(8)14/h8-9,13-14H,5-7H2,1-4H3,(H,15,16). The molecule has 0 aliphatic heterocycles. The van der Waals surface area contributed by atoms with Gasteiger partial charge in [0.1, 0.15) is 0 Å². The molecule has 4 heteroatoms. The van der Waals surface area contributed by atoms with Crippen LogP contribution in [0.2, 0.25) is 0 Å². The molecular formula is C12H23NO3. The fourth-order valence-electron chi connectivity index (χ4n) is 2.02. The first-order valence-corrected chi connectivity index (χ1v) is 5.87. The van der Waals surface area contributed by atoms with Crippen LogP contribution in [-0.2, 0) is 4.79 Å². The molecule has 2 unspecified atom stereocenters. The Morgan fingerprint density at radius 2 is 1.81 bits per heavy atom. The molecule has 4 nitrogen and oxygen atoms in total. The lowest BCUT2D eigenvalue weighted by atomic mass is 9.74. The van der Waals surface area contributed by atoms with Crippen molar-refractivity contribution in [3.05, 3.63) is 0 Å². The maximum atomic E-state index is 11.2. The first-order chi connectivity index (χ1) is 7.18. The van der Waals surface area contributed by atoms with Crippen molar-refractivity contribution in [1.82, 2.24) is 5.32 Å². The van der Waals surface area contributed by atoms with Gasteiger partial charge in [-0.25, -0.2) is 0 Å². The zero-order chi connectivity index (χ0) is 12.6. The summed E-state index contributed by atoms with van der Waals surface area (Å²) in [4.78, 5) is 11.2. The van der Waals surface area contributed by atoms with Gasteiger partial charge in [-0.1, -0.05) is 0 Å². The summed E-state index contributed by atoms with van der Waals surface area (Å²) in [5.74, 6) is -0.822.